The van der Waals surface area contributed by atoms with Gasteiger partial charge in [0.05, 0.1) is 5.92 Å². The van der Waals surface area contributed by atoms with Crippen LogP contribution in [0.3, 0.4) is 0 Å². The highest BCUT2D eigenvalue weighted by molar-refractivity contribution is 5.93. The standard InChI is InChI=1S/C24H29FN2O4/c1-24(2,3)31-23(29)27-14-4-5-18(15-27)22(28)26-20-10-12-21(13-11-20)30-16-17-6-8-19(25)9-7-17/h6-13,18H,4-5,14-16H2,1-3H3,(H,26,28). The lowest BCUT2D eigenvalue weighted by molar-refractivity contribution is -0.121. The van der Waals surface area contributed by atoms with Crippen molar-refractivity contribution in [1.29, 1.82) is 0 Å². The van der Waals surface area contributed by atoms with Gasteiger partial charge in [-0.1, -0.05) is 12.1 Å². The summed E-state index contributed by atoms with van der Waals surface area (Å²) in [7, 11) is 0. The summed E-state index contributed by atoms with van der Waals surface area (Å²) in [6, 6.07) is 13.2. The van der Waals surface area contributed by atoms with Gasteiger partial charge in [-0.25, -0.2) is 9.18 Å². The number of carbonyl (C=O) groups is 2. The zero-order valence-electron chi connectivity index (χ0n) is 18.2. The number of anilines is 1. The molecule has 0 radical (unpaired) electrons. The number of likely N-dealkylation sites (tertiary alicyclic amines) is 1. The first-order valence-corrected chi connectivity index (χ1v) is 10.5. The van der Waals surface area contributed by atoms with Crippen LogP contribution in [0.15, 0.2) is 48.5 Å². The number of amides is 2. The summed E-state index contributed by atoms with van der Waals surface area (Å²) in [4.78, 5) is 26.6. The third-order valence-corrected chi connectivity index (χ3v) is 4.88. The van der Waals surface area contributed by atoms with Crippen LogP contribution in [0, 0.1) is 11.7 Å². The first kappa shape index (κ1) is 22.6. The van der Waals surface area contributed by atoms with Gasteiger partial charge in [0.1, 0.15) is 23.8 Å². The molecule has 1 aliphatic rings. The number of hydrogen-bond acceptors (Lipinski definition) is 4. The minimum atomic E-state index is -0.563. The molecule has 1 saturated heterocycles. The topological polar surface area (TPSA) is 67.9 Å². The third-order valence-electron chi connectivity index (χ3n) is 4.88. The van der Waals surface area contributed by atoms with Crippen molar-refractivity contribution in [2.75, 3.05) is 18.4 Å². The van der Waals surface area contributed by atoms with Gasteiger partial charge in [-0.2, -0.15) is 0 Å². The Morgan fingerprint density at radius 1 is 1.10 bits per heavy atom. The van der Waals surface area contributed by atoms with E-state index in [4.69, 9.17) is 9.47 Å². The number of benzene rings is 2. The average molecular weight is 429 g/mol. The van der Waals surface area contributed by atoms with Gasteiger partial charge >= 0.3 is 6.09 Å². The van der Waals surface area contributed by atoms with Crippen LogP contribution < -0.4 is 10.1 Å². The second-order valence-corrected chi connectivity index (χ2v) is 8.69. The van der Waals surface area contributed by atoms with Crippen molar-refractivity contribution in [2.24, 2.45) is 5.92 Å². The third kappa shape index (κ3) is 6.98. The molecule has 1 fully saturated rings. The van der Waals surface area contributed by atoms with Crippen LogP contribution in [-0.4, -0.2) is 35.6 Å². The lowest BCUT2D eigenvalue weighted by Crippen LogP contribution is -2.45. The predicted octanol–water partition coefficient (Wildman–Crippen LogP) is 4.99. The van der Waals surface area contributed by atoms with Gasteiger partial charge in [-0.05, 0) is 75.6 Å². The maximum Gasteiger partial charge on any atom is 0.410 e. The smallest absolute Gasteiger partial charge is 0.410 e. The molecule has 1 atom stereocenters. The lowest BCUT2D eigenvalue weighted by Gasteiger charge is -2.33. The molecular weight excluding hydrogens is 399 g/mol. The second-order valence-electron chi connectivity index (χ2n) is 8.69. The Morgan fingerprint density at radius 3 is 2.42 bits per heavy atom. The molecule has 2 amide bonds. The summed E-state index contributed by atoms with van der Waals surface area (Å²) in [5.41, 5.74) is 0.964. The fraction of sp³-hybridized carbons (Fsp3) is 0.417. The van der Waals surface area contributed by atoms with Gasteiger partial charge in [-0.3, -0.25) is 4.79 Å². The number of hydrogen-bond donors (Lipinski definition) is 1. The Balaban J connectivity index is 1.50. The number of halogens is 1. The quantitative estimate of drug-likeness (QED) is 0.729. The van der Waals surface area contributed by atoms with E-state index in [1.54, 1.807) is 41.3 Å². The Morgan fingerprint density at radius 2 is 1.77 bits per heavy atom. The van der Waals surface area contributed by atoms with Crippen molar-refractivity contribution >= 4 is 17.7 Å². The van der Waals surface area contributed by atoms with Crippen molar-refractivity contribution in [3.8, 4) is 5.75 Å². The first-order chi connectivity index (χ1) is 14.7. The van der Waals surface area contributed by atoms with E-state index >= 15 is 0 Å². The lowest BCUT2D eigenvalue weighted by atomic mass is 9.97. The van der Waals surface area contributed by atoms with E-state index in [1.807, 2.05) is 20.8 Å². The SMILES string of the molecule is CC(C)(C)OC(=O)N1CCCC(C(=O)Nc2ccc(OCc3ccc(F)cc3)cc2)C1. The van der Waals surface area contributed by atoms with Crippen LogP contribution in [0.2, 0.25) is 0 Å². The zero-order chi connectivity index (χ0) is 22.4. The van der Waals surface area contributed by atoms with E-state index in [9.17, 15) is 14.0 Å². The van der Waals surface area contributed by atoms with Crippen molar-refractivity contribution < 1.29 is 23.5 Å². The molecule has 1 aliphatic heterocycles. The zero-order valence-corrected chi connectivity index (χ0v) is 18.2. The molecule has 0 saturated carbocycles. The normalized spacial score (nSPS) is 16.5. The van der Waals surface area contributed by atoms with Crippen LogP contribution in [0.4, 0.5) is 14.9 Å². The molecule has 1 unspecified atom stereocenters. The summed E-state index contributed by atoms with van der Waals surface area (Å²) in [6.45, 7) is 6.75. The van der Waals surface area contributed by atoms with Crippen LogP contribution >= 0.6 is 0 Å². The molecule has 3 rings (SSSR count). The molecule has 31 heavy (non-hydrogen) atoms. The van der Waals surface area contributed by atoms with Crippen molar-refractivity contribution in [3.05, 3.63) is 59.9 Å². The van der Waals surface area contributed by atoms with Gasteiger partial charge in [0.2, 0.25) is 5.91 Å². The van der Waals surface area contributed by atoms with Gasteiger partial charge in [0.25, 0.3) is 0 Å². The van der Waals surface area contributed by atoms with Crippen LogP contribution in [0.5, 0.6) is 5.75 Å². The van der Waals surface area contributed by atoms with E-state index in [1.165, 1.54) is 12.1 Å². The summed E-state index contributed by atoms with van der Waals surface area (Å²) in [5.74, 6) is -0.0315. The van der Waals surface area contributed by atoms with Crippen molar-refractivity contribution in [3.63, 3.8) is 0 Å². The molecule has 0 aromatic heterocycles. The Bertz CT molecular complexity index is 891. The molecule has 0 aliphatic carbocycles. The fourth-order valence-electron chi connectivity index (χ4n) is 3.31. The highest BCUT2D eigenvalue weighted by atomic mass is 19.1. The highest BCUT2D eigenvalue weighted by Crippen LogP contribution is 2.22. The summed E-state index contributed by atoms with van der Waals surface area (Å²) < 4.78 is 24.1. The summed E-state index contributed by atoms with van der Waals surface area (Å²) in [5, 5.41) is 2.91. The minimum Gasteiger partial charge on any atom is -0.489 e. The van der Waals surface area contributed by atoms with E-state index in [-0.39, 0.29) is 23.7 Å². The molecule has 1 heterocycles. The molecule has 166 valence electrons. The second kappa shape index (κ2) is 9.81. The Hall–Kier alpha value is -3.09. The van der Waals surface area contributed by atoms with Crippen LogP contribution in [0.25, 0.3) is 0 Å². The number of rotatable bonds is 5. The van der Waals surface area contributed by atoms with Crippen molar-refractivity contribution in [1.82, 2.24) is 4.90 Å². The molecule has 6 nitrogen and oxygen atoms in total. The molecule has 1 N–H and O–H groups in total. The largest absolute Gasteiger partial charge is 0.489 e. The van der Waals surface area contributed by atoms with E-state index in [0.29, 0.717) is 31.1 Å². The molecular formula is C24H29FN2O4. The summed E-state index contributed by atoms with van der Waals surface area (Å²) in [6.07, 6.45) is 1.10. The van der Waals surface area contributed by atoms with Gasteiger partial charge in [0.15, 0.2) is 0 Å². The predicted molar refractivity (Wildman–Crippen MR) is 116 cm³/mol. The van der Waals surface area contributed by atoms with Gasteiger partial charge in [-0.15, -0.1) is 0 Å². The van der Waals surface area contributed by atoms with Gasteiger partial charge in [0, 0.05) is 18.8 Å². The molecule has 2 aromatic rings. The van der Waals surface area contributed by atoms with Crippen molar-refractivity contribution in [2.45, 2.75) is 45.8 Å². The monoisotopic (exact) mass is 428 g/mol. The van der Waals surface area contributed by atoms with Crippen LogP contribution in [0.1, 0.15) is 39.2 Å². The molecule has 7 heteroatoms. The summed E-state index contributed by atoms with van der Waals surface area (Å²) >= 11 is 0. The van der Waals surface area contributed by atoms with E-state index in [0.717, 1.165) is 18.4 Å². The first-order valence-electron chi connectivity index (χ1n) is 10.5. The minimum absolute atomic E-state index is 0.117. The fourth-order valence-corrected chi connectivity index (χ4v) is 3.31. The van der Waals surface area contributed by atoms with Crippen LogP contribution in [-0.2, 0) is 16.1 Å². The number of piperidine rings is 1. The Kier molecular flexibility index (Phi) is 7.15. The molecule has 0 spiro atoms. The highest BCUT2D eigenvalue weighted by Gasteiger charge is 2.31. The average Bonchev–Trinajstić information content (AvgIpc) is 2.73. The maximum atomic E-state index is 13.0. The molecule has 0 bridgehead atoms. The number of nitrogens with one attached hydrogen (secondary N) is 1. The van der Waals surface area contributed by atoms with Gasteiger partial charge < -0.3 is 19.7 Å². The number of nitrogens with zero attached hydrogens (tertiary/aromatic N) is 1. The van der Waals surface area contributed by atoms with E-state index in [2.05, 4.69) is 5.32 Å². The number of carbonyl (C=O) groups excluding carboxylic acids is 2. The maximum absolute atomic E-state index is 13.0. The Labute approximate surface area is 182 Å². The van der Waals surface area contributed by atoms with E-state index < -0.39 is 5.60 Å². The molecule has 2 aromatic carbocycles. The number of ether oxygens (including phenoxy) is 2.